The lowest BCUT2D eigenvalue weighted by molar-refractivity contribution is 0.0988. The van der Waals surface area contributed by atoms with Crippen LogP contribution in [0.1, 0.15) is 10.6 Å². The highest BCUT2D eigenvalue weighted by Gasteiger charge is 2.16. The Morgan fingerprint density at radius 1 is 1.45 bits per heavy atom. The van der Waals surface area contributed by atoms with Crippen molar-refractivity contribution in [1.82, 2.24) is 20.3 Å². The highest BCUT2D eigenvalue weighted by molar-refractivity contribution is 8.00. The quantitative estimate of drug-likeness (QED) is 0.582. The second-order valence-corrected chi connectivity index (χ2v) is 6.39. The summed E-state index contributed by atoms with van der Waals surface area (Å²) in [6.45, 7) is 0. The molecule has 0 bridgehead atoms. The molecule has 0 atom stereocenters. The van der Waals surface area contributed by atoms with Crippen LogP contribution in [0.2, 0.25) is 0 Å². The van der Waals surface area contributed by atoms with Gasteiger partial charge in [0.2, 0.25) is 10.9 Å². The first kappa shape index (κ1) is 13.2. The minimum Gasteiger partial charge on any atom is -0.350 e. The molecule has 0 saturated heterocycles. The lowest BCUT2D eigenvalue weighted by atomic mass is 10.3. The molecule has 102 valence electrons. The summed E-state index contributed by atoms with van der Waals surface area (Å²) in [5.41, 5.74) is 2.27. The van der Waals surface area contributed by atoms with Crippen LogP contribution < -0.4 is 5.32 Å². The van der Waals surface area contributed by atoms with E-state index in [1.807, 2.05) is 6.26 Å². The highest BCUT2D eigenvalue weighted by atomic mass is 32.2. The molecule has 1 N–H and O–H groups in total. The summed E-state index contributed by atoms with van der Waals surface area (Å²) in [7, 11) is 0. The van der Waals surface area contributed by atoms with Gasteiger partial charge in [0.15, 0.2) is 4.34 Å². The molecule has 0 spiro atoms. The SMILES string of the molecule is CSc1nnc(NC(=O)c2cc(-c3cncs3)no2)s1. The van der Waals surface area contributed by atoms with E-state index in [-0.39, 0.29) is 5.76 Å². The Balaban J connectivity index is 1.74. The molecule has 7 nitrogen and oxygen atoms in total. The Kier molecular flexibility index (Phi) is 3.76. The van der Waals surface area contributed by atoms with Crippen molar-refractivity contribution >= 4 is 45.5 Å². The number of amides is 1. The molecule has 0 aliphatic heterocycles. The van der Waals surface area contributed by atoms with Crippen molar-refractivity contribution in [3.8, 4) is 10.6 Å². The molecular weight excluding hydrogens is 318 g/mol. The number of thiazole rings is 1. The average molecular weight is 325 g/mol. The van der Waals surface area contributed by atoms with Gasteiger partial charge in [-0.25, -0.2) is 0 Å². The van der Waals surface area contributed by atoms with Crippen LogP contribution in [0.4, 0.5) is 5.13 Å². The van der Waals surface area contributed by atoms with E-state index in [1.54, 1.807) is 17.8 Å². The molecule has 0 aliphatic carbocycles. The summed E-state index contributed by atoms with van der Waals surface area (Å²) in [6, 6.07) is 1.57. The van der Waals surface area contributed by atoms with Crippen LogP contribution in [-0.4, -0.2) is 32.5 Å². The predicted molar refractivity (Wildman–Crippen MR) is 77.3 cm³/mol. The van der Waals surface area contributed by atoms with Gasteiger partial charge < -0.3 is 4.52 Å². The van der Waals surface area contributed by atoms with Crippen LogP contribution in [0.15, 0.2) is 26.6 Å². The summed E-state index contributed by atoms with van der Waals surface area (Å²) in [6.07, 6.45) is 3.56. The first-order chi connectivity index (χ1) is 9.76. The van der Waals surface area contributed by atoms with Gasteiger partial charge in [-0.15, -0.1) is 21.5 Å². The maximum absolute atomic E-state index is 12.0. The van der Waals surface area contributed by atoms with Crippen molar-refractivity contribution in [2.75, 3.05) is 11.6 Å². The van der Waals surface area contributed by atoms with Gasteiger partial charge in [0.1, 0.15) is 5.69 Å². The van der Waals surface area contributed by atoms with Crippen LogP contribution in [-0.2, 0) is 0 Å². The maximum atomic E-state index is 12.0. The van der Waals surface area contributed by atoms with Gasteiger partial charge in [0, 0.05) is 12.3 Å². The molecule has 20 heavy (non-hydrogen) atoms. The summed E-state index contributed by atoms with van der Waals surface area (Å²) in [5, 5.41) is 14.6. The van der Waals surface area contributed by atoms with Crippen LogP contribution in [0.5, 0.6) is 0 Å². The van der Waals surface area contributed by atoms with Gasteiger partial charge >= 0.3 is 0 Å². The number of carbonyl (C=O) groups is 1. The van der Waals surface area contributed by atoms with Crippen molar-refractivity contribution < 1.29 is 9.32 Å². The minimum atomic E-state index is -0.405. The predicted octanol–water partition coefficient (Wildman–Crippen LogP) is 2.62. The number of rotatable bonds is 4. The summed E-state index contributed by atoms with van der Waals surface area (Å²) in [5.74, 6) is -0.286. The Hall–Kier alpha value is -1.78. The average Bonchev–Trinajstić information content (AvgIpc) is 3.19. The van der Waals surface area contributed by atoms with Gasteiger partial charge in [-0.2, -0.15) is 0 Å². The van der Waals surface area contributed by atoms with E-state index >= 15 is 0 Å². The molecule has 0 aliphatic rings. The van der Waals surface area contributed by atoms with E-state index in [1.165, 1.54) is 34.4 Å². The third-order valence-corrected chi connectivity index (χ3v) is 4.83. The van der Waals surface area contributed by atoms with Crippen molar-refractivity contribution in [1.29, 1.82) is 0 Å². The van der Waals surface area contributed by atoms with E-state index in [0.717, 1.165) is 9.22 Å². The monoisotopic (exact) mass is 325 g/mol. The maximum Gasteiger partial charge on any atom is 0.296 e. The van der Waals surface area contributed by atoms with Crippen LogP contribution >= 0.6 is 34.4 Å². The van der Waals surface area contributed by atoms with Crippen molar-refractivity contribution in [2.24, 2.45) is 0 Å². The zero-order chi connectivity index (χ0) is 13.9. The van der Waals surface area contributed by atoms with Crippen molar-refractivity contribution in [3.05, 3.63) is 23.5 Å². The molecular formula is C10H7N5O2S3. The van der Waals surface area contributed by atoms with Crippen molar-refractivity contribution in [2.45, 2.75) is 4.34 Å². The van der Waals surface area contributed by atoms with Crippen LogP contribution in [0, 0.1) is 0 Å². The Labute approximate surface area is 125 Å². The third-order valence-electron chi connectivity index (χ3n) is 2.22. The van der Waals surface area contributed by atoms with Crippen LogP contribution in [0.25, 0.3) is 10.6 Å². The number of anilines is 1. The molecule has 3 rings (SSSR count). The van der Waals surface area contributed by atoms with Crippen molar-refractivity contribution in [3.63, 3.8) is 0 Å². The summed E-state index contributed by atoms with van der Waals surface area (Å²) >= 11 is 4.19. The first-order valence-electron chi connectivity index (χ1n) is 5.30. The molecule has 10 heteroatoms. The topological polar surface area (TPSA) is 93.8 Å². The Bertz CT molecular complexity index is 721. The summed E-state index contributed by atoms with van der Waals surface area (Å²) < 4.78 is 5.80. The molecule has 0 fully saturated rings. The van der Waals surface area contributed by atoms with E-state index in [4.69, 9.17) is 4.52 Å². The van der Waals surface area contributed by atoms with Gasteiger partial charge in [-0.05, 0) is 6.26 Å². The number of hydrogen-bond donors (Lipinski definition) is 1. The number of thioether (sulfide) groups is 1. The molecule has 3 aromatic rings. The Morgan fingerprint density at radius 2 is 2.35 bits per heavy atom. The fourth-order valence-electron chi connectivity index (χ4n) is 1.34. The molecule has 3 aromatic heterocycles. The zero-order valence-electron chi connectivity index (χ0n) is 10.1. The second-order valence-electron chi connectivity index (χ2n) is 3.47. The van der Waals surface area contributed by atoms with Gasteiger partial charge in [0.05, 0.1) is 10.4 Å². The lowest BCUT2D eigenvalue weighted by Crippen LogP contribution is -2.10. The Morgan fingerprint density at radius 3 is 3.05 bits per heavy atom. The molecule has 0 unspecified atom stereocenters. The van der Waals surface area contributed by atoms with E-state index in [2.05, 4.69) is 25.7 Å². The van der Waals surface area contributed by atoms with E-state index < -0.39 is 5.91 Å². The smallest absolute Gasteiger partial charge is 0.296 e. The number of carbonyl (C=O) groups excluding carboxylic acids is 1. The molecule has 0 radical (unpaired) electrons. The van der Waals surface area contributed by atoms with Gasteiger partial charge in [-0.1, -0.05) is 28.3 Å². The molecule has 0 aromatic carbocycles. The number of aromatic nitrogens is 4. The number of hydrogen-bond acceptors (Lipinski definition) is 9. The van der Waals surface area contributed by atoms with Crippen LogP contribution in [0.3, 0.4) is 0 Å². The fraction of sp³-hybridized carbons (Fsp3) is 0.100. The third kappa shape index (κ3) is 2.71. The second kappa shape index (κ2) is 5.69. The van der Waals surface area contributed by atoms with Gasteiger partial charge in [0.25, 0.3) is 5.91 Å². The minimum absolute atomic E-state index is 0.120. The normalized spacial score (nSPS) is 10.7. The number of nitrogens with one attached hydrogen (secondary N) is 1. The van der Waals surface area contributed by atoms with Gasteiger partial charge in [-0.3, -0.25) is 15.1 Å². The van der Waals surface area contributed by atoms with E-state index in [9.17, 15) is 4.79 Å². The molecule has 3 heterocycles. The molecule has 0 saturated carbocycles. The highest BCUT2D eigenvalue weighted by Crippen LogP contribution is 2.25. The lowest BCUT2D eigenvalue weighted by Gasteiger charge is -1.94. The van der Waals surface area contributed by atoms with E-state index in [0.29, 0.717) is 10.8 Å². The largest absolute Gasteiger partial charge is 0.350 e. The summed E-state index contributed by atoms with van der Waals surface area (Å²) in [4.78, 5) is 16.8. The number of nitrogens with zero attached hydrogens (tertiary/aromatic N) is 4. The zero-order valence-corrected chi connectivity index (χ0v) is 12.5. The molecule has 1 amide bonds. The standard InChI is InChI=1S/C10H7N5O2S3/c1-18-10-14-13-9(20-10)12-8(16)6-2-5(15-17-6)7-3-11-4-19-7/h2-4H,1H3,(H,12,13,16). The first-order valence-corrected chi connectivity index (χ1v) is 8.23. The fourth-order valence-corrected chi connectivity index (χ4v) is 3.08.